The number of aliphatic hydroxyl groups is 2. The summed E-state index contributed by atoms with van der Waals surface area (Å²) in [4.78, 5) is 9.48. The first kappa shape index (κ1) is 33.8. The summed E-state index contributed by atoms with van der Waals surface area (Å²) in [5.74, 6) is 0. The van der Waals surface area contributed by atoms with Gasteiger partial charge >= 0.3 is 208 Å². The first-order valence-electron chi connectivity index (χ1n) is 13.8. The Hall–Kier alpha value is -1.43. The van der Waals surface area contributed by atoms with Crippen molar-refractivity contribution in [2.24, 2.45) is 0 Å². The van der Waals surface area contributed by atoms with Gasteiger partial charge in [0.05, 0.1) is 12.2 Å². The van der Waals surface area contributed by atoms with Crippen LogP contribution < -0.4 is 9.62 Å². The number of nitrogens with zero attached hydrogens (tertiary/aromatic N) is 4. The maximum absolute atomic E-state index is 8.56. The molecule has 0 aromatic heterocycles. The molecule has 2 atom stereocenters. The van der Waals surface area contributed by atoms with Crippen molar-refractivity contribution in [2.45, 2.75) is 84.8 Å². The molecule has 0 amide bonds. The van der Waals surface area contributed by atoms with Crippen LogP contribution in [0.5, 0.6) is 0 Å². The van der Waals surface area contributed by atoms with E-state index < -0.39 is 0 Å². The van der Waals surface area contributed by atoms with Crippen LogP contribution in [0.25, 0.3) is 0 Å². The molecule has 1 saturated heterocycles. The third-order valence-electron chi connectivity index (χ3n) is 6.84. The molecule has 3 rings (SSSR count). The summed E-state index contributed by atoms with van der Waals surface area (Å²) >= 11 is 2.48. The molecule has 0 radical (unpaired) electrons. The summed E-state index contributed by atoms with van der Waals surface area (Å²) in [6.07, 6.45) is -0.278. The topological polar surface area (TPSA) is 53.4 Å². The van der Waals surface area contributed by atoms with Crippen molar-refractivity contribution >= 4 is 29.3 Å². The molecule has 2 unspecified atom stereocenters. The van der Waals surface area contributed by atoms with E-state index in [4.69, 9.17) is 10.2 Å². The molecular weight excluding hydrogens is 665 g/mol. The molecule has 1 aliphatic rings. The molecule has 9 heteroatoms. The van der Waals surface area contributed by atoms with Gasteiger partial charge in [-0.1, -0.05) is 0 Å². The minimum atomic E-state index is -0.375. The fraction of sp³-hybridized carbons (Fsp3) is 0.567. The monoisotopic (exact) mass is 714 g/mol. The van der Waals surface area contributed by atoms with E-state index in [-0.39, 0.29) is 36.8 Å². The van der Waals surface area contributed by atoms with Crippen LogP contribution in [0.4, 0.5) is 11.4 Å². The second-order valence-corrected chi connectivity index (χ2v) is 14.2. The van der Waals surface area contributed by atoms with Crippen LogP contribution in [-0.4, -0.2) is 78.1 Å². The number of aliphatic hydroxyl groups excluding tert-OH is 2. The Bertz CT molecular complexity index is 979. The Morgan fingerprint density at radius 2 is 1.21 bits per heavy atom. The van der Waals surface area contributed by atoms with Crippen molar-refractivity contribution < 1.29 is 29.6 Å². The number of rotatable bonds is 6. The van der Waals surface area contributed by atoms with Gasteiger partial charge in [0.1, 0.15) is 0 Å². The number of hydrogen-bond acceptors (Lipinski definition) is 6. The summed E-state index contributed by atoms with van der Waals surface area (Å²) in [5.41, 5.74) is 5.22. The molecule has 1 fully saturated rings. The SMILES string of the molecule is CC(O)CC(C)O.CN(C)B1B(N(C)C)N(c2ccc(C(C)(C)C)cc2)[C](=[Pt])N1c1[c-]cc(C(C)(C)C)cc1. The van der Waals surface area contributed by atoms with E-state index in [1.54, 1.807) is 13.8 Å². The zero-order valence-corrected chi connectivity index (χ0v) is 28.3. The van der Waals surface area contributed by atoms with Crippen molar-refractivity contribution in [3.05, 3.63) is 59.7 Å². The summed E-state index contributed by atoms with van der Waals surface area (Å²) < 4.78 is 1.19. The van der Waals surface area contributed by atoms with Crippen molar-refractivity contribution in [3.63, 3.8) is 0 Å². The average molecular weight is 714 g/mol. The van der Waals surface area contributed by atoms with E-state index in [1.165, 1.54) is 21.0 Å². The Kier molecular flexibility index (Phi) is 11.7. The Labute approximate surface area is 250 Å². The van der Waals surface area contributed by atoms with Gasteiger partial charge in [-0.2, -0.15) is 0 Å². The van der Waals surface area contributed by atoms with E-state index in [0.717, 1.165) is 5.69 Å². The molecule has 2 aromatic rings. The van der Waals surface area contributed by atoms with Gasteiger partial charge in [0.25, 0.3) is 0 Å². The van der Waals surface area contributed by atoms with Gasteiger partial charge in [0.2, 0.25) is 0 Å². The third-order valence-corrected chi connectivity index (χ3v) is 7.93. The van der Waals surface area contributed by atoms with Crippen LogP contribution in [0.2, 0.25) is 0 Å². The van der Waals surface area contributed by atoms with E-state index in [0.29, 0.717) is 6.42 Å². The van der Waals surface area contributed by atoms with Gasteiger partial charge in [0, 0.05) is 0 Å². The van der Waals surface area contributed by atoms with Crippen LogP contribution >= 0.6 is 0 Å². The fourth-order valence-electron chi connectivity index (χ4n) is 4.71. The first-order chi connectivity index (χ1) is 17.9. The number of benzene rings is 2. The first-order valence-corrected chi connectivity index (χ1v) is 14.9. The molecule has 218 valence electrons. The molecule has 0 spiro atoms. The molecule has 6 nitrogen and oxygen atoms in total. The Morgan fingerprint density at radius 1 is 0.769 bits per heavy atom. The predicted molar refractivity (Wildman–Crippen MR) is 166 cm³/mol. The van der Waals surface area contributed by atoms with Crippen LogP contribution in [0.3, 0.4) is 0 Å². The van der Waals surface area contributed by atoms with Crippen LogP contribution in [-0.2, 0) is 30.2 Å². The van der Waals surface area contributed by atoms with Crippen molar-refractivity contribution in [2.75, 3.05) is 37.8 Å². The number of anilines is 2. The van der Waals surface area contributed by atoms with E-state index >= 15 is 0 Å². The van der Waals surface area contributed by atoms with Gasteiger partial charge in [0.15, 0.2) is 0 Å². The van der Waals surface area contributed by atoms with Crippen molar-refractivity contribution in [1.29, 1.82) is 0 Å². The Morgan fingerprint density at radius 3 is 1.54 bits per heavy atom. The minimum absolute atomic E-state index is 0.116. The molecule has 2 aromatic carbocycles. The third kappa shape index (κ3) is 8.77. The standard InChI is InChI=1S/C25H37B2N4.C5H12O2.Pt/c1-24(2,3)20-11-15-22(16-12-20)30-19-31(27(29(9)10)26(30)28(7)8)23-17-13-21(14-18-23)25(4,5)6;1-4(6)3-5(2)7;/h11-17H,1-10H3;4-7H,3H2,1-2H3;/q-1;;. The van der Waals surface area contributed by atoms with Gasteiger partial charge in [-0.3, -0.25) is 0 Å². The summed E-state index contributed by atoms with van der Waals surface area (Å²) in [6, 6.07) is 19.3. The second kappa shape index (κ2) is 13.5. The Balaban J connectivity index is 0.000000673. The maximum atomic E-state index is 8.56. The molecular formula is C30H49B2N4O2Pt-. The van der Waals surface area contributed by atoms with Gasteiger partial charge < -0.3 is 10.2 Å². The average Bonchev–Trinajstić information content (AvgIpc) is 3.11. The quantitative estimate of drug-likeness (QED) is 0.343. The molecule has 1 aliphatic heterocycles. The molecule has 1 heterocycles. The van der Waals surface area contributed by atoms with Crippen molar-refractivity contribution in [1.82, 2.24) is 9.62 Å². The zero-order chi connectivity index (χ0) is 29.9. The second-order valence-electron chi connectivity index (χ2n) is 13.2. The van der Waals surface area contributed by atoms with E-state index in [1.807, 2.05) is 0 Å². The van der Waals surface area contributed by atoms with Gasteiger partial charge in [-0.15, -0.1) is 0 Å². The van der Waals surface area contributed by atoms with Crippen LogP contribution in [0, 0.1) is 6.07 Å². The molecule has 0 aliphatic carbocycles. The van der Waals surface area contributed by atoms with E-state index in [2.05, 4.69) is 157 Å². The predicted octanol–water partition coefficient (Wildman–Crippen LogP) is 4.36. The normalized spacial score (nSPS) is 16.2. The van der Waals surface area contributed by atoms with Crippen LogP contribution in [0.1, 0.15) is 72.9 Å². The van der Waals surface area contributed by atoms with E-state index in [9.17, 15) is 0 Å². The number of hydrogen-bond donors (Lipinski definition) is 2. The summed E-state index contributed by atoms with van der Waals surface area (Å²) in [7, 11) is 8.65. The van der Waals surface area contributed by atoms with Crippen LogP contribution in [0.15, 0.2) is 42.5 Å². The zero-order valence-electron chi connectivity index (χ0n) is 26.1. The van der Waals surface area contributed by atoms with Gasteiger partial charge in [-0.05, 0) is 20.3 Å². The molecule has 39 heavy (non-hydrogen) atoms. The molecule has 0 bridgehead atoms. The molecule has 0 saturated carbocycles. The summed E-state index contributed by atoms with van der Waals surface area (Å²) in [5, 5.41) is 17.1. The van der Waals surface area contributed by atoms with Crippen molar-refractivity contribution in [3.8, 4) is 0 Å². The molecule has 2 N–H and O–H groups in total. The summed E-state index contributed by atoms with van der Waals surface area (Å²) in [6.45, 7) is 17.1. The van der Waals surface area contributed by atoms with Gasteiger partial charge in [-0.25, -0.2) is 0 Å². The fourth-order valence-corrected chi connectivity index (χ4v) is 5.88.